The number of nitrogens with one attached hydrogen (secondary N) is 1. The predicted molar refractivity (Wildman–Crippen MR) is 82.5 cm³/mol. The van der Waals surface area contributed by atoms with Crippen LogP contribution >= 0.6 is 11.3 Å². The Balaban J connectivity index is 1.97. The van der Waals surface area contributed by atoms with E-state index in [1.165, 1.54) is 10.9 Å². The van der Waals surface area contributed by atoms with E-state index >= 15 is 0 Å². The monoisotopic (exact) mass is 292 g/mol. The molecule has 0 spiro atoms. The third-order valence-corrected chi connectivity index (χ3v) is 4.55. The highest BCUT2D eigenvalue weighted by molar-refractivity contribution is 7.11. The van der Waals surface area contributed by atoms with Gasteiger partial charge in [0.25, 0.3) is 0 Å². The molecule has 1 N–H and O–H groups in total. The van der Waals surface area contributed by atoms with E-state index in [1.54, 1.807) is 23.5 Å². The summed E-state index contributed by atoms with van der Waals surface area (Å²) in [6.45, 7) is 9.29. The lowest BCUT2D eigenvalue weighted by Gasteiger charge is -2.14. The number of benzene rings is 1. The molecule has 1 aromatic heterocycles. The topological polar surface area (TPSA) is 24.9 Å². The Hall–Kier alpha value is -1.26. The maximum atomic E-state index is 13.2. The molecule has 0 aliphatic carbocycles. The summed E-state index contributed by atoms with van der Waals surface area (Å²) in [5.74, 6) is -0.191. The Labute approximate surface area is 124 Å². The van der Waals surface area contributed by atoms with Crippen LogP contribution in [0.25, 0.3) is 0 Å². The molecular formula is C16H21FN2S. The molecule has 0 saturated carbocycles. The zero-order valence-corrected chi connectivity index (χ0v) is 13.2. The molecule has 0 saturated heterocycles. The smallest absolute Gasteiger partial charge is 0.123 e. The van der Waals surface area contributed by atoms with E-state index in [2.05, 4.69) is 31.1 Å². The molecule has 1 atom stereocenters. The van der Waals surface area contributed by atoms with Crippen LogP contribution in [0.2, 0.25) is 0 Å². The Kier molecular flexibility index (Phi) is 4.55. The molecule has 1 heterocycles. The minimum absolute atomic E-state index is 0.0943. The fourth-order valence-electron chi connectivity index (χ4n) is 1.88. The van der Waals surface area contributed by atoms with Crippen LogP contribution < -0.4 is 5.32 Å². The van der Waals surface area contributed by atoms with Crippen LogP contribution in [0.4, 0.5) is 4.39 Å². The lowest BCUT2D eigenvalue weighted by Crippen LogP contribution is -2.17. The van der Waals surface area contributed by atoms with Crippen LogP contribution in [0.1, 0.15) is 49.2 Å². The highest BCUT2D eigenvalue weighted by atomic mass is 32.1. The van der Waals surface area contributed by atoms with E-state index in [0.29, 0.717) is 0 Å². The molecule has 0 fully saturated rings. The van der Waals surface area contributed by atoms with Crippen LogP contribution in [-0.2, 0) is 12.0 Å². The normalized spacial score (nSPS) is 13.4. The highest BCUT2D eigenvalue weighted by Gasteiger charge is 2.18. The van der Waals surface area contributed by atoms with Crippen LogP contribution in [0, 0.1) is 5.82 Å². The van der Waals surface area contributed by atoms with Crippen molar-refractivity contribution in [2.24, 2.45) is 0 Å². The molecule has 0 amide bonds. The molecule has 1 aromatic carbocycles. The molecule has 2 rings (SSSR count). The van der Waals surface area contributed by atoms with Crippen molar-refractivity contribution < 1.29 is 4.39 Å². The maximum absolute atomic E-state index is 13.2. The first kappa shape index (κ1) is 15.1. The largest absolute Gasteiger partial charge is 0.305 e. The quantitative estimate of drug-likeness (QED) is 0.901. The van der Waals surface area contributed by atoms with Crippen LogP contribution in [-0.4, -0.2) is 4.98 Å². The van der Waals surface area contributed by atoms with Crippen molar-refractivity contribution in [1.82, 2.24) is 10.3 Å². The third kappa shape index (κ3) is 3.87. The number of rotatable bonds is 4. The number of hydrogen-bond acceptors (Lipinski definition) is 3. The Morgan fingerprint density at radius 3 is 2.70 bits per heavy atom. The van der Waals surface area contributed by atoms with Crippen molar-refractivity contribution >= 4 is 11.3 Å². The molecule has 0 bridgehead atoms. The Morgan fingerprint density at radius 1 is 1.35 bits per heavy atom. The van der Waals surface area contributed by atoms with E-state index < -0.39 is 0 Å². The van der Waals surface area contributed by atoms with E-state index in [0.717, 1.165) is 17.1 Å². The summed E-state index contributed by atoms with van der Waals surface area (Å²) in [6, 6.07) is 6.84. The first-order valence-corrected chi connectivity index (χ1v) is 7.62. The van der Waals surface area contributed by atoms with Gasteiger partial charge < -0.3 is 5.32 Å². The Bertz CT molecular complexity index is 572. The van der Waals surface area contributed by atoms with Gasteiger partial charge in [-0.1, -0.05) is 32.9 Å². The summed E-state index contributed by atoms with van der Waals surface area (Å²) >= 11 is 1.73. The van der Waals surface area contributed by atoms with Gasteiger partial charge in [-0.05, 0) is 24.6 Å². The number of thiazole rings is 1. The highest BCUT2D eigenvalue weighted by Crippen LogP contribution is 2.27. The maximum Gasteiger partial charge on any atom is 0.123 e. The van der Waals surface area contributed by atoms with E-state index in [1.807, 2.05) is 19.2 Å². The molecule has 4 heteroatoms. The van der Waals surface area contributed by atoms with Gasteiger partial charge in [-0.25, -0.2) is 9.37 Å². The van der Waals surface area contributed by atoms with Gasteiger partial charge in [0.1, 0.15) is 5.82 Å². The molecule has 20 heavy (non-hydrogen) atoms. The fourth-order valence-corrected chi connectivity index (χ4v) is 2.80. The number of halogens is 1. The first-order chi connectivity index (χ1) is 9.36. The van der Waals surface area contributed by atoms with Crippen LogP contribution in [0.5, 0.6) is 0 Å². The zero-order chi connectivity index (χ0) is 14.8. The minimum atomic E-state index is -0.191. The van der Waals surface area contributed by atoms with Gasteiger partial charge in [0.05, 0.1) is 5.01 Å². The van der Waals surface area contributed by atoms with Gasteiger partial charge in [-0.15, -0.1) is 11.3 Å². The van der Waals surface area contributed by atoms with Gasteiger partial charge in [-0.3, -0.25) is 0 Å². The average molecular weight is 292 g/mol. The predicted octanol–water partition coefficient (Wildman–Crippen LogP) is 4.43. The summed E-state index contributed by atoms with van der Waals surface area (Å²) in [6.07, 6.45) is 1.93. The SMILES string of the molecule is C[C@@H](NCc1cnc(C(C)(C)C)s1)c1cccc(F)c1. The summed E-state index contributed by atoms with van der Waals surface area (Å²) < 4.78 is 13.2. The van der Waals surface area contributed by atoms with Crippen LogP contribution in [0.3, 0.4) is 0 Å². The Morgan fingerprint density at radius 2 is 2.10 bits per heavy atom. The summed E-state index contributed by atoms with van der Waals surface area (Å²) in [7, 11) is 0. The average Bonchev–Trinajstić information content (AvgIpc) is 2.84. The number of hydrogen-bond donors (Lipinski definition) is 1. The van der Waals surface area contributed by atoms with Crippen molar-refractivity contribution in [1.29, 1.82) is 0 Å². The van der Waals surface area contributed by atoms with Gasteiger partial charge in [0.15, 0.2) is 0 Å². The molecule has 2 nitrogen and oxygen atoms in total. The second kappa shape index (κ2) is 6.02. The number of aromatic nitrogens is 1. The molecular weight excluding hydrogens is 271 g/mol. The van der Waals surface area contributed by atoms with Gasteiger partial charge in [-0.2, -0.15) is 0 Å². The van der Waals surface area contributed by atoms with Crippen LogP contribution in [0.15, 0.2) is 30.5 Å². The minimum Gasteiger partial charge on any atom is -0.305 e. The molecule has 0 radical (unpaired) electrons. The summed E-state index contributed by atoms with van der Waals surface area (Å²) in [5.41, 5.74) is 1.06. The molecule has 0 aliphatic rings. The number of nitrogens with zero attached hydrogens (tertiary/aromatic N) is 1. The lowest BCUT2D eigenvalue weighted by atomic mass is 9.98. The second-order valence-electron chi connectivity index (χ2n) is 6.04. The zero-order valence-electron chi connectivity index (χ0n) is 12.4. The fraction of sp³-hybridized carbons (Fsp3) is 0.438. The van der Waals surface area contributed by atoms with Crippen molar-refractivity contribution in [2.75, 3.05) is 0 Å². The van der Waals surface area contributed by atoms with Crippen molar-refractivity contribution in [2.45, 2.75) is 45.7 Å². The van der Waals surface area contributed by atoms with Crippen molar-refractivity contribution in [3.63, 3.8) is 0 Å². The second-order valence-corrected chi connectivity index (χ2v) is 7.15. The van der Waals surface area contributed by atoms with Gasteiger partial charge >= 0.3 is 0 Å². The summed E-state index contributed by atoms with van der Waals surface area (Å²) in [4.78, 5) is 5.68. The van der Waals surface area contributed by atoms with Gasteiger partial charge in [0, 0.05) is 29.1 Å². The lowest BCUT2D eigenvalue weighted by molar-refractivity contribution is 0.568. The van der Waals surface area contributed by atoms with E-state index in [-0.39, 0.29) is 17.3 Å². The van der Waals surface area contributed by atoms with Crippen molar-refractivity contribution in [3.8, 4) is 0 Å². The molecule has 108 valence electrons. The molecule has 0 aliphatic heterocycles. The van der Waals surface area contributed by atoms with E-state index in [4.69, 9.17) is 0 Å². The molecule has 0 unspecified atom stereocenters. The third-order valence-electron chi connectivity index (χ3n) is 3.13. The molecule has 2 aromatic rings. The first-order valence-electron chi connectivity index (χ1n) is 6.80. The van der Waals surface area contributed by atoms with Gasteiger partial charge in [0.2, 0.25) is 0 Å². The summed E-state index contributed by atoms with van der Waals surface area (Å²) in [5, 5.41) is 4.56. The standard InChI is InChI=1S/C16H21FN2S/c1-11(12-6-5-7-13(17)8-12)18-9-14-10-19-15(20-14)16(2,3)4/h5-8,10-11,18H,9H2,1-4H3/t11-/m1/s1. The van der Waals surface area contributed by atoms with Crippen molar-refractivity contribution in [3.05, 3.63) is 51.7 Å². The van der Waals surface area contributed by atoms with E-state index in [9.17, 15) is 4.39 Å².